The largest absolute Gasteiger partial charge is 0.240 e. The van der Waals surface area contributed by atoms with Gasteiger partial charge in [0.05, 0.1) is 11.4 Å². The average molecular weight is 264 g/mol. The molecule has 0 atom stereocenters. The third kappa shape index (κ3) is 3.36. The van der Waals surface area contributed by atoms with Crippen molar-refractivity contribution >= 4 is 23.5 Å². The molecule has 2 aromatic rings. The zero-order valence-electron chi connectivity index (χ0n) is 10.7. The molecular weight excluding hydrogens is 252 g/mol. The van der Waals surface area contributed by atoms with E-state index in [0.717, 1.165) is 11.1 Å². The summed E-state index contributed by atoms with van der Waals surface area (Å²) in [5, 5.41) is 0. The normalized spacial score (nSPS) is 9.40. The van der Waals surface area contributed by atoms with Crippen molar-refractivity contribution in [2.75, 3.05) is 0 Å². The van der Waals surface area contributed by atoms with Crippen LogP contribution in [0.25, 0.3) is 0 Å². The predicted molar refractivity (Wildman–Crippen MR) is 75.9 cm³/mol. The quantitative estimate of drug-likeness (QED) is 0.613. The highest BCUT2D eigenvalue weighted by atomic mass is 16.1. The molecule has 98 valence electrons. The monoisotopic (exact) mass is 264 g/mol. The number of isocyanates is 2. The molecule has 0 spiro atoms. The number of carbonyl (C=O) groups excluding carboxylic acids is 2. The van der Waals surface area contributed by atoms with Crippen LogP contribution in [-0.2, 0) is 22.4 Å². The molecule has 20 heavy (non-hydrogen) atoms. The first-order valence-corrected chi connectivity index (χ1v) is 6.16. The van der Waals surface area contributed by atoms with Gasteiger partial charge in [0.1, 0.15) is 0 Å². The maximum absolute atomic E-state index is 10.4. The van der Waals surface area contributed by atoms with Crippen molar-refractivity contribution in [3.63, 3.8) is 0 Å². The summed E-state index contributed by atoms with van der Waals surface area (Å²) >= 11 is 0. The molecular formula is C16H12N2O2. The molecule has 0 aromatic heterocycles. The number of aliphatic imine (C=N–C) groups is 2. The van der Waals surface area contributed by atoms with Gasteiger partial charge >= 0.3 is 0 Å². The number of hydrogen-bond acceptors (Lipinski definition) is 4. The van der Waals surface area contributed by atoms with Crippen LogP contribution in [0.1, 0.15) is 11.1 Å². The van der Waals surface area contributed by atoms with Gasteiger partial charge in [0.15, 0.2) is 0 Å². The van der Waals surface area contributed by atoms with E-state index in [4.69, 9.17) is 0 Å². The van der Waals surface area contributed by atoms with Crippen LogP contribution in [0, 0.1) is 0 Å². The molecule has 4 heteroatoms. The molecule has 4 nitrogen and oxygen atoms in total. The highest BCUT2D eigenvalue weighted by molar-refractivity contribution is 5.55. The lowest BCUT2D eigenvalue weighted by Crippen LogP contribution is -1.92. The van der Waals surface area contributed by atoms with Crippen LogP contribution in [0.2, 0.25) is 0 Å². The molecule has 0 amide bonds. The zero-order chi connectivity index (χ0) is 14.2. The molecule has 0 aliphatic rings. The Morgan fingerprint density at radius 2 is 1.10 bits per heavy atom. The van der Waals surface area contributed by atoms with E-state index in [1.807, 2.05) is 36.4 Å². The summed E-state index contributed by atoms with van der Waals surface area (Å²) in [7, 11) is 0. The van der Waals surface area contributed by atoms with Gasteiger partial charge in [-0.05, 0) is 36.1 Å². The van der Waals surface area contributed by atoms with E-state index in [1.54, 1.807) is 24.3 Å². The zero-order valence-corrected chi connectivity index (χ0v) is 10.7. The van der Waals surface area contributed by atoms with Crippen molar-refractivity contribution in [1.82, 2.24) is 0 Å². The Labute approximate surface area is 116 Å². The summed E-state index contributed by atoms with van der Waals surface area (Å²) in [4.78, 5) is 28.2. The van der Waals surface area contributed by atoms with E-state index in [9.17, 15) is 9.59 Å². The number of aryl methyl sites for hydroxylation is 2. The van der Waals surface area contributed by atoms with E-state index in [-0.39, 0.29) is 0 Å². The molecule has 0 bridgehead atoms. The third-order valence-electron chi connectivity index (χ3n) is 2.98. The van der Waals surface area contributed by atoms with E-state index < -0.39 is 0 Å². The Balaban J connectivity index is 2.21. The molecule has 2 aromatic carbocycles. The van der Waals surface area contributed by atoms with Crippen molar-refractivity contribution in [1.29, 1.82) is 0 Å². The van der Waals surface area contributed by atoms with Gasteiger partial charge in [0, 0.05) is 0 Å². The van der Waals surface area contributed by atoms with Crippen molar-refractivity contribution in [2.24, 2.45) is 9.98 Å². The summed E-state index contributed by atoms with van der Waals surface area (Å²) in [5.41, 5.74) is 3.17. The summed E-state index contributed by atoms with van der Waals surface area (Å²) < 4.78 is 0. The molecule has 0 N–H and O–H groups in total. The Bertz CT molecular complexity index is 636. The topological polar surface area (TPSA) is 58.9 Å². The fraction of sp³-hybridized carbons (Fsp3) is 0.125. The first kappa shape index (κ1) is 13.6. The number of nitrogens with zero attached hydrogens (tertiary/aromatic N) is 2. The van der Waals surface area contributed by atoms with Gasteiger partial charge in [-0.3, -0.25) is 0 Å². The molecule has 0 aliphatic carbocycles. The Kier molecular flexibility index (Phi) is 4.74. The molecule has 0 saturated carbocycles. The van der Waals surface area contributed by atoms with Crippen LogP contribution in [0.15, 0.2) is 58.5 Å². The first-order chi connectivity index (χ1) is 9.85. The standard InChI is InChI=1S/C16H12N2O2/c19-11-17-15-7-3-1-5-13(15)9-10-14-6-2-4-8-16(14)18-12-20/h1-8H,9-10H2. The SMILES string of the molecule is O=C=Nc1ccccc1CCc1ccccc1N=C=O. The first-order valence-electron chi connectivity index (χ1n) is 6.16. The smallest absolute Gasteiger partial charge is 0.211 e. The lowest BCUT2D eigenvalue weighted by molar-refractivity contribution is 0.564. The van der Waals surface area contributed by atoms with Crippen molar-refractivity contribution < 1.29 is 9.59 Å². The minimum atomic E-state index is 0.624. The molecule has 2 rings (SSSR count). The number of benzene rings is 2. The van der Waals surface area contributed by atoms with Crippen LogP contribution >= 0.6 is 0 Å². The second-order valence-electron chi connectivity index (χ2n) is 4.16. The van der Waals surface area contributed by atoms with Gasteiger partial charge in [0.25, 0.3) is 0 Å². The van der Waals surface area contributed by atoms with Crippen molar-refractivity contribution in [3.05, 3.63) is 59.7 Å². The summed E-state index contributed by atoms with van der Waals surface area (Å²) in [6.45, 7) is 0. The highest BCUT2D eigenvalue weighted by Crippen LogP contribution is 2.23. The second-order valence-corrected chi connectivity index (χ2v) is 4.16. The average Bonchev–Trinajstić information content (AvgIpc) is 2.48. The van der Waals surface area contributed by atoms with Crippen LogP contribution in [0.3, 0.4) is 0 Å². The highest BCUT2D eigenvalue weighted by Gasteiger charge is 2.04. The maximum Gasteiger partial charge on any atom is 0.240 e. The van der Waals surface area contributed by atoms with Gasteiger partial charge < -0.3 is 0 Å². The van der Waals surface area contributed by atoms with Gasteiger partial charge in [-0.2, -0.15) is 9.98 Å². The Morgan fingerprint density at radius 1 is 0.700 bits per heavy atom. The molecule has 0 fully saturated rings. The number of rotatable bonds is 5. The minimum absolute atomic E-state index is 0.624. The summed E-state index contributed by atoms with van der Waals surface area (Å²) in [6, 6.07) is 14.8. The van der Waals surface area contributed by atoms with Crippen LogP contribution in [0.5, 0.6) is 0 Å². The third-order valence-corrected chi connectivity index (χ3v) is 2.98. The van der Waals surface area contributed by atoms with E-state index in [2.05, 4.69) is 9.98 Å². The lowest BCUT2D eigenvalue weighted by atomic mass is 10.0. The van der Waals surface area contributed by atoms with Crippen LogP contribution in [0.4, 0.5) is 11.4 Å². The fourth-order valence-electron chi connectivity index (χ4n) is 2.03. The molecule has 0 radical (unpaired) electrons. The van der Waals surface area contributed by atoms with E-state index >= 15 is 0 Å². The van der Waals surface area contributed by atoms with Crippen molar-refractivity contribution in [2.45, 2.75) is 12.8 Å². The van der Waals surface area contributed by atoms with Crippen LogP contribution in [-0.4, -0.2) is 12.2 Å². The fourth-order valence-corrected chi connectivity index (χ4v) is 2.03. The van der Waals surface area contributed by atoms with E-state index in [0.29, 0.717) is 24.2 Å². The predicted octanol–water partition coefficient (Wildman–Crippen LogP) is 3.41. The Hall–Kier alpha value is -2.80. The Morgan fingerprint density at radius 3 is 1.50 bits per heavy atom. The minimum Gasteiger partial charge on any atom is -0.211 e. The maximum atomic E-state index is 10.4. The second kappa shape index (κ2) is 6.95. The van der Waals surface area contributed by atoms with Gasteiger partial charge in [-0.1, -0.05) is 36.4 Å². The molecule has 0 saturated heterocycles. The molecule has 0 aliphatic heterocycles. The van der Waals surface area contributed by atoms with Crippen LogP contribution < -0.4 is 0 Å². The summed E-state index contributed by atoms with van der Waals surface area (Å²) in [5.74, 6) is 0. The number of para-hydroxylation sites is 2. The van der Waals surface area contributed by atoms with Gasteiger partial charge in [0.2, 0.25) is 12.2 Å². The summed E-state index contributed by atoms with van der Waals surface area (Å²) in [6.07, 6.45) is 4.52. The molecule has 0 heterocycles. The van der Waals surface area contributed by atoms with Crippen molar-refractivity contribution in [3.8, 4) is 0 Å². The lowest BCUT2D eigenvalue weighted by Gasteiger charge is -2.06. The van der Waals surface area contributed by atoms with Gasteiger partial charge in [-0.15, -0.1) is 0 Å². The van der Waals surface area contributed by atoms with Gasteiger partial charge in [-0.25, -0.2) is 9.59 Å². The number of hydrogen-bond donors (Lipinski definition) is 0. The molecule has 0 unspecified atom stereocenters. The van der Waals surface area contributed by atoms with E-state index in [1.165, 1.54) is 0 Å².